The molecule has 7 heteroatoms. The van der Waals surface area contributed by atoms with Crippen LogP contribution in [-0.2, 0) is 10.0 Å². The molecular formula is C9H19N3O2S2. The van der Waals surface area contributed by atoms with E-state index in [9.17, 15) is 8.42 Å². The Morgan fingerprint density at radius 3 is 2.50 bits per heavy atom. The van der Waals surface area contributed by atoms with Crippen LogP contribution >= 0.6 is 12.2 Å². The Balaban J connectivity index is 2.88. The Hall–Kier alpha value is -0.240. The summed E-state index contributed by atoms with van der Waals surface area (Å²) in [5, 5.41) is -0.784. The second kappa shape index (κ2) is 4.95. The summed E-state index contributed by atoms with van der Waals surface area (Å²) in [5.41, 5.74) is 5.42. The van der Waals surface area contributed by atoms with E-state index in [0.29, 0.717) is 6.54 Å². The van der Waals surface area contributed by atoms with E-state index in [0.717, 1.165) is 13.1 Å². The first-order valence-corrected chi connectivity index (χ1v) is 7.16. The highest BCUT2D eigenvalue weighted by molar-refractivity contribution is 7.92. The molecule has 2 atom stereocenters. The summed E-state index contributed by atoms with van der Waals surface area (Å²) >= 11 is 4.76. The van der Waals surface area contributed by atoms with E-state index in [1.807, 2.05) is 14.0 Å². The van der Waals surface area contributed by atoms with Crippen molar-refractivity contribution in [2.24, 2.45) is 5.73 Å². The van der Waals surface area contributed by atoms with E-state index in [1.54, 1.807) is 6.92 Å². The van der Waals surface area contributed by atoms with Crippen molar-refractivity contribution in [3.63, 3.8) is 0 Å². The van der Waals surface area contributed by atoms with Gasteiger partial charge in [-0.25, -0.2) is 8.42 Å². The van der Waals surface area contributed by atoms with Crippen LogP contribution in [-0.4, -0.2) is 60.6 Å². The van der Waals surface area contributed by atoms with Crippen LogP contribution in [0.3, 0.4) is 0 Å². The molecule has 1 heterocycles. The smallest absolute Gasteiger partial charge is 0.223 e. The molecular weight excluding hydrogens is 246 g/mol. The number of sulfonamides is 1. The molecule has 0 aromatic rings. The van der Waals surface area contributed by atoms with Gasteiger partial charge in [0.2, 0.25) is 10.0 Å². The van der Waals surface area contributed by atoms with Gasteiger partial charge in [-0.15, -0.1) is 0 Å². The van der Waals surface area contributed by atoms with Crippen LogP contribution in [0.5, 0.6) is 0 Å². The number of nitrogens with zero attached hydrogens (tertiary/aromatic N) is 2. The van der Waals surface area contributed by atoms with Gasteiger partial charge in [-0.2, -0.15) is 4.31 Å². The van der Waals surface area contributed by atoms with Gasteiger partial charge in [-0.1, -0.05) is 12.2 Å². The lowest BCUT2D eigenvalue weighted by atomic mass is 10.2. The Morgan fingerprint density at radius 1 is 1.50 bits per heavy atom. The van der Waals surface area contributed by atoms with Gasteiger partial charge in [0.1, 0.15) is 5.25 Å². The van der Waals surface area contributed by atoms with E-state index < -0.39 is 15.3 Å². The maximum Gasteiger partial charge on any atom is 0.223 e. The van der Waals surface area contributed by atoms with Crippen LogP contribution in [0, 0.1) is 0 Å². The van der Waals surface area contributed by atoms with Crippen LogP contribution in [0.15, 0.2) is 0 Å². The molecule has 16 heavy (non-hydrogen) atoms. The van der Waals surface area contributed by atoms with Crippen LogP contribution in [0.4, 0.5) is 0 Å². The minimum absolute atomic E-state index is 0.0273. The van der Waals surface area contributed by atoms with Crippen molar-refractivity contribution >= 4 is 27.2 Å². The SMILES string of the molecule is CC1CN(C)CCN1S(=O)(=O)C(C)C(N)=S. The minimum atomic E-state index is -3.39. The second-order valence-corrected chi connectivity index (χ2v) is 6.99. The maximum absolute atomic E-state index is 12.2. The van der Waals surface area contributed by atoms with Crippen molar-refractivity contribution in [2.45, 2.75) is 25.1 Å². The molecule has 1 saturated heterocycles. The molecule has 1 aliphatic heterocycles. The summed E-state index contributed by atoms with van der Waals surface area (Å²) in [6, 6.07) is -0.0273. The first-order valence-electron chi connectivity index (χ1n) is 5.25. The van der Waals surface area contributed by atoms with E-state index in [2.05, 4.69) is 4.90 Å². The highest BCUT2D eigenvalue weighted by atomic mass is 32.2. The summed E-state index contributed by atoms with van der Waals surface area (Å²) < 4.78 is 25.9. The molecule has 0 spiro atoms. The average molecular weight is 265 g/mol. The highest BCUT2D eigenvalue weighted by Crippen LogP contribution is 2.17. The zero-order chi connectivity index (χ0) is 12.5. The molecule has 5 nitrogen and oxygen atoms in total. The highest BCUT2D eigenvalue weighted by Gasteiger charge is 2.36. The van der Waals surface area contributed by atoms with Crippen LogP contribution in [0.1, 0.15) is 13.8 Å². The molecule has 0 aromatic carbocycles. The molecule has 0 aromatic heterocycles. The lowest BCUT2D eigenvalue weighted by Gasteiger charge is -2.38. The Labute approximate surface area is 103 Å². The summed E-state index contributed by atoms with van der Waals surface area (Å²) in [5.74, 6) is 0. The quantitative estimate of drug-likeness (QED) is 0.705. The third-order valence-corrected chi connectivity index (χ3v) is 5.79. The van der Waals surface area contributed by atoms with Gasteiger partial charge in [0.15, 0.2) is 0 Å². The molecule has 1 rings (SSSR count). The number of thiocarbonyl (C=S) groups is 1. The van der Waals surface area contributed by atoms with Crippen LogP contribution < -0.4 is 5.73 Å². The molecule has 2 N–H and O–H groups in total. The molecule has 0 bridgehead atoms. The maximum atomic E-state index is 12.2. The monoisotopic (exact) mass is 265 g/mol. The largest absolute Gasteiger partial charge is 0.392 e. The molecule has 0 saturated carbocycles. The third-order valence-electron chi connectivity index (χ3n) is 2.94. The van der Waals surface area contributed by atoms with Crippen molar-refractivity contribution in [1.29, 1.82) is 0 Å². The molecule has 94 valence electrons. The fourth-order valence-corrected chi connectivity index (χ4v) is 3.82. The number of rotatable bonds is 3. The topological polar surface area (TPSA) is 66.6 Å². The van der Waals surface area contributed by atoms with Crippen molar-refractivity contribution in [3.8, 4) is 0 Å². The Bertz CT molecular complexity index is 369. The van der Waals surface area contributed by atoms with Gasteiger partial charge < -0.3 is 10.6 Å². The first kappa shape index (κ1) is 13.8. The Morgan fingerprint density at radius 2 is 2.06 bits per heavy atom. The number of piperazine rings is 1. The molecule has 2 unspecified atom stereocenters. The van der Waals surface area contributed by atoms with Crippen molar-refractivity contribution in [3.05, 3.63) is 0 Å². The molecule has 0 amide bonds. The van der Waals surface area contributed by atoms with Gasteiger partial charge in [0.05, 0.1) is 4.99 Å². The summed E-state index contributed by atoms with van der Waals surface area (Å²) in [6.45, 7) is 5.44. The molecule has 1 fully saturated rings. The number of hydrogen-bond acceptors (Lipinski definition) is 4. The number of nitrogens with two attached hydrogens (primary N) is 1. The number of likely N-dealkylation sites (N-methyl/N-ethyl adjacent to an activating group) is 1. The standard InChI is InChI=1S/C9H19N3O2S2/c1-7-6-11(3)4-5-12(7)16(13,14)8(2)9(10)15/h7-8H,4-6H2,1-3H3,(H2,10,15). The predicted octanol–water partition coefficient (Wildman–Crippen LogP) is -0.373. The van der Waals surface area contributed by atoms with Gasteiger partial charge in [0.25, 0.3) is 0 Å². The van der Waals surface area contributed by atoms with E-state index in [4.69, 9.17) is 18.0 Å². The lowest BCUT2D eigenvalue weighted by Crippen LogP contribution is -2.55. The molecule has 0 aliphatic carbocycles. The fraction of sp³-hybridized carbons (Fsp3) is 0.889. The van der Waals surface area contributed by atoms with Crippen molar-refractivity contribution < 1.29 is 8.42 Å². The Kier molecular flexibility index (Phi) is 4.28. The number of hydrogen-bond donors (Lipinski definition) is 1. The predicted molar refractivity (Wildman–Crippen MR) is 68.8 cm³/mol. The van der Waals surface area contributed by atoms with Crippen LogP contribution in [0.25, 0.3) is 0 Å². The summed E-state index contributed by atoms with van der Waals surface area (Å²) in [4.78, 5) is 2.15. The van der Waals surface area contributed by atoms with Gasteiger partial charge >= 0.3 is 0 Å². The third kappa shape index (κ3) is 2.71. The minimum Gasteiger partial charge on any atom is -0.392 e. The van der Waals surface area contributed by atoms with Gasteiger partial charge in [-0.3, -0.25) is 0 Å². The van der Waals surface area contributed by atoms with Gasteiger partial charge in [-0.05, 0) is 20.9 Å². The van der Waals surface area contributed by atoms with Crippen molar-refractivity contribution in [2.75, 3.05) is 26.7 Å². The second-order valence-electron chi connectivity index (χ2n) is 4.31. The van der Waals surface area contributed by atoms with E-state index >= 15 is 0 Å². The lowest BCUT2D eigenvalue weighted by molar-refractivity contribution is 0.170. The zero-order valence-corrected chi connectivity index (χ0v) is 11.5. The first-order chi connectivity index (χ1) is 7.26. The zero-order valence-electron chi connectivity index (χ0n) is 9.88. The van der Waals surface area contributed by atoms with Crippen LogP contribution in [0.2, 0.25) is 0 Å². The molecule has 1 aliphatic rings. The van der Waals surface area contributed by atoms with Gasteiger partial charge in [0, 0.05) is 25.7 Å². The normalized spacial score (nSPS) is 26.6. The molecule has 0 radical (unpaired) electrons. The van der Waals surface area contributed by atoms with Crippen molar-refractivity contribution in [1.82, 2.24) is 9.21 Å². The summed E-state index contributed by atoms with van der Waals surface area (Å²) in [6.07, 6.45) is 0. The average Bonchev–Trinajstić information content (AvgIpc) is 2.15. The summed E-state index contributed by atoms with van der Waals surface area (Å²) in [7, 11) is -1.41. The fourth-order valence-electron chi connectivity index (χ4n) is 1.85. The van der Waals surface area contributed by atoms with E-state index in [-0.39, 0.29) is 11.0 Å². The van der Waals surface area contributed by atoms with E-state index in [1.165, 1.54) is 4.31 Å².